The number of fused-ring (bicyclic) bond motifs is 1. The van der Waals surface area contributed by atoms with Gasteiger partial charge in [0.15, 0.2) is 11.5 Å². The highest BCUT2D eigenvalue weighted by atomic mass is 15.4. The Bertz CT molecular complexity index is 788. The van der Waals surface area contributed by atoms with Crippen LogP contribution >= 0.6 is 0 Å². The van der Waals surface area contributed by atoms with Crippen molar-refractivity contribution >= 4 is 5.65 Å². The third-order valence-corrected chi connectivity index (χ3v) is 3.63. The summed E-state index contributed by atoms with van der Waals surface area (Å²) in [5, 5.41) is 12.7. The standard InChI is InChI=1S/C15H17N5/c1-9-6-11(3)12(7-10(9)2)13-4-5-14-17-18-15(8-16)20(14)19-13/h4-7H,8,16H2,1-3H3. The number of aromatic nitrogens is 4. The lowest BCUT2D eigenvalue weighted by Crippen LogP contribution is -2.05. The first-order valence-electron chi connectivity index (χ1n) is 6.60. The van der Waals surface area contributed by atoms with E-state index in [-0.39, 0.29) is 0 Å². The summed E-state index contributed by atoms with van der Waals surface area (Å²) >= 11 is 0. The van der Waals surface area contributed by atoms with Crippen LogP contribution in [0.25, 0.3) is 16.9 Å². The fraction of sp³-hybridized carbons (Fsp3) is 0.267. The Hall–Kier alpha value is -2.27. The van der Waals surface area contributed by atoms with E-state index >= 15 is 0 Å². The Labute approximate surface area is 117 Å². The number of nitrogens with two attached hydrogens (primary N) is 1. The van der Waals surface area contributed by atoms with Gasteiger partial charge in [-0.2, -0.15) is 9.61 Å². The monoisotopic (exact) mass is 267 g/mol. The lowest BCUT2D eigenvalue weighted by Gasteiger charge is -2.09. The molecule has 0 saturated heterocycles. The normalized spacial score (nSPS) is 11.2. The molecule has 0 aliphatic carbocycles. The highest BCUT2D eigenvalue weighted by Gasteiger charge is 2.10. The van der Waals surface area contributed by atoms with E-state index in [1.807, 2.05) is 12.1 Å². The molecule has 0 unspecified atom stereocenters. The van der Waals surface area contributed by atoms with Crippen molar-refractivity contribution in [3.05, 3.63) is 46.8 Å². The molecule has 0 fully saturated rings. The largest absolute Gasteiger partial charge is 0.324 e. The summed E-state index contributed by atoms with van der Waals surface area (Å²) in [6.07, 6.45) is 0. The Morgan fingerprint density at radius 3 is 2.50 bits per heavy atom. The van der Waals surface area contributed by atoms with Gasteiger partial charge in [0.2, 0.25) is 0 Å². The molecule has 0 bridgehead atoms. The first-order chi connectivity index (χ1) is 9.60. The fourth-order valence-corrected chi connectivity index (χ4v) is 2.34. The summed E-state index contributed by atoms with van der Waals surface area (Å²) in [6.45, 7) is 6.66. The lowest BCUT2D eigenvalue weighted by atomic mass is 9.99. The Morgan fingerprint density at radius 1 is 1.00 bits per heavy atom. The van der Waals surface area contributed by atoms with Gasteiger partial charge >= 0.3 is 0 Å². The van der Waals surface area contributed by atoms with Crippen molar-refractivity contribution in [2.75, 3.05) is 0 Å². The first kappa shape index (κ1) is 12.7. The van der Waals surface area contributed by atoms with Gasteiger partial charge < -0.3 is 5.73 Å². The third kappa shape index (κ3) is 1.96. The zero-order valence-electron chi connectivity index (χ0n) is 11.9. The van der Waals surface area contributed by atoms with E-state index in [9.17, 15) is 0 Å². The van der Waals surface area contributed by atoms with E-state index in [1.54, 1.807) is 4.52 Å². The van der Waals surface area contributed by atoms with Crippen molar-refractivity contribution in [1.82, 2.24) is 19.8 Å². The number of aryl methyl sites for hydroxylation is 3. The zero-order chi connectivity index (χ0) is 14.3. The number of hydrogen-bond donors (Lipinski definition) is 1. The highest BCUT2D eigenvalue weighted by Crippen LogP contribution is 2.25. The van der Waals surface area contributed by atoms with Crippen LogP contribution < -0.4 is 5.73 Å². The highest BCUT2D eigenvalue weighted by molar-refractivity contribution is 5.66. The summed E-state index contributed by atoms with van der Waals surface area (Å²) in [5.74, 6) is 0.670. The van der Waals surface area contributed by atoms with E-state index in [0.29, 0.717) is 12.4 Å². The van der Waals surface area contributed by atoms with Crippen LogP contribution in [0.1, 0.15) is 22.5 Å². The molecule has 2 N–H and O–H groups in total. The Balaban J connectivity index is 2.21. The van der Waals surface area contributed by atoms with E-state index in [4.69, 9.17) is 5.73 Å². The maximum atomic E-state index is 5.66. The smallest absolute Gasteiger partial charge is 0.177 e. The van der Waals surface area contributed by atoms with Crippen LogP contribution in [0.15, 0.2) is 24.3 Å². The molecule has 0 atom stereocenters. The summed E-state index contributed by atoms with van der Waals surface area (Å²) in [5.41, 5.74) is 12.2. The minimum absolute atomic E-state index is 0.323. The molecule has 3 aromatic rings. The minimum Gasteiger partial charge on any atom is -0.324 e. The summed E-state index contributed by atoms with van der Waals surface area (Å²) in [6, 6.07) is 8.25. The molecule has 102 valence electrons. The van der Waals surface area contributed by atoms with Crippen molar-refractivity contribution in [1.29, 1.82) is 0 Å². The molecule has 2 aromatic heterocycles. The van der Waals surface area contributed by atoms with E-state index < -0.39 is 0 Å². The Kier molecular flexibility index (Phi) is 2.99. The molecule has 1 aromatic carbocycles. The topological polar surface area (TPSA) is 69.1 Å². The van der Waals surface area contributed by atoms with Crippen molar-refractivity contribution in [3.8, 4) is 11.3 Å². The zero-order valence-corrected chi connectivity index (χ0v) is 11.9. The second-order valence-electron chi connectivity index (χ2n) is 5.06. The van der Waals surface area contributed by atoms with Crippen molar-refractivity contribution in [3.63, 3.8) is 0 Å². The van der Waals surface area contributed by atoms with Gasteiger partial charge in [0.05, 0.1) is 12.2 Å². The molecule has 0 radical (unpaired) electrons. The predicted octanol–water partition coefficient (Wildman–Crippen LogP) is 2.18. The number of benzene rings is 1. The molecule has 0 saturated carbocycles. The van der Waals surface area contributed by atoms with Crippen LogP contribution in [-0.4, -0.2) is 19.8 Å². The van der Waals surface area contributed by atoms with E-state index in [0.717, 1.165) is 16.9 Å². The number of rotatable bonds is 2. The molecule has 0 aliphatic heterocycles. The molecular formula is C15H17N5. The Morgan fingerprint density at radius 2 is 1.75 bits per heavy atom. The van der Waals surface area contributed by atoms with Gasteiger partial charge in [0.25, 0.3) is 0 Å². The van der Waals surface area contributed by atoms with Crippen LogP contribution in [0.4, 0.5) is 0 Å². The molecule has 5 nitrogen and oxygen atoms in total. The van der Waals surface area contributed by atoms with E-state index in [2.05, 4.69) is 48.2 Å². The van der Waals surface area contributed by atoms with Crippen LogP contribution in [0.2, 0.25) is 0 Å². The van der Waals surface area contributed by atoms with Crippen LogP contribution in [0, 0.1) is 20.8 Å². The molecule has 20 heavy (non-hydrogen) atoms. The van der Waals surface area contributed by atoms with Gasteiger partial charge in [0, 0.05) is 5.56 Å². The summed E-state index contributed by atoms with van der Waals surface area (Å²) < 4.78 is 1.71. The molecule has 0 amide bonds. The van der Waals surface area contributed by atoms with E-state index in [1.165, 1.54) is 16.7 Å². The fourth-order valence-electron chi connectivity index (χ4n) is 2.34. The average molecular weight is 267 g/mol. The summed E-state index contributed by atoms with van der Waals surface area (Å²) in [4.78, 5) is 0. The molecule has 5 heteroatoms. The number of nitrogens with zero attached hydrogens (tertiary/aromatic N) is 4. The quantitative estimate of drug-likeness (QED) is 0.772. The molecule has 0 aliphatic rings. The van der Waals surface area contributed by atoms with Gasteiger partial charge in [-0.25, -0.2) is 0 Å². The SMILES string of the molecule is Cc1cc(C)c(-c2ccc3nnc(CN)n3n2)cc1C. The summed E-state index contributed by atoms with van der Waals surface area (Å²) in [7, 11) is 0. The maximum absolute atomic E-state index is 5.66. The minimum atomic E-state index is 0.323. The van der Waals surface area contributed by atoms with Crippen LogP contribution in [0.3, 0.4) is 0 Å². The van der Waals surface area contributed by atoms with Crippen molar-refractivity contribution < 1.29 is 0 Å². The van der Waals surface area contributed by atoms with Gasteiger partial charge in [-0.15, -0.1) is 10.2 Å². The van der Waals surface area contributed by atoms with Gasteiger partial charge in [-0.05, 0) is 55.7 Å². The maximum Gasteiger partial charge on any atom is 0.177 e. The molecular weight excluding hydrogens is 250 g/mol. The first-order valence-corrected chi connectivity index (χ1v) is 6.60. The van der Waals surface area contributed by atoms with Crippen molar-refractivity contribution in [2.45, 2.75) is 27.3 Å². The second kappa shape index (κ2) is 4.68. The molecule has 0 spiro atoms. The van der Waals surface area contributed by atoms with Crippen molar-refractivity contribution in [2.24, 2.45) is 5.73 Å². The van der Waals surface area contributed by atoms with Gasteiger partial charge in [0.1, 0.15) is 0 Å². The lowest BCUT2D eigenvalue weighted by molar-refractivity contribution is 0.811. The molecule has 3 rings (SSSR count). The molecule has 2 heterocycles. The predicted molar refractivity (Wildman–Crippen MR) is 78.3 cm³/mol. The van der Waals surface area contributed by atoms with Gasteiger partial charge in [-0.3, -0.25) is 0 Å². The van der Waals surface area contributed by atoms with Gasteiger partial charge in [-0.1, -0.05) is 6.07 Å². The van der Waals surface area contributed by atoms with Crippen LogP contribution in [-0.2, 0) is 6.54 Å². The third-order valence-electron chi connectivity index (χ3n) is 3.63. The average Bonchev–Trinajstić information content (AvgIpc) is 2.85. The number of hydrogen-bond acceptors (Lipinski definition) is 4. The van der Waals surface area contributed by atoms with Crippen LogP contribution in [0.5, 0.6) is 0 Å². The second-order valence-corrected chi connectivity index (χ2v) is 5.06.